The zero-order valence-corrected chi connectivity index (χ0v) is 16.8. The van der Waals surface area contributed by atoms with Crippen LogP contribution in [0.1, 0.15) is 27.2 Å². The van der Waals surface area contributed by atoms with Crippen LogP contribution in [-0.4, -0.2) is 46.3 Å². The minimum atomic E-state index is -3.07. The van der Waals surface area contributed by atoms with Gasteiger partial charge in [-0.1, -0.05) is 8.96 Å². The maximum Gasteiger partial charge on any atom is 0.500 e. The molecule has 0 aromatic heterocycles. The molecule has 0 spiro atoms. The van der Waals surface area contributed by atoms with Gasteiger partial charge in [0.05, 0.1) is 6.54 Å². The fourth-order valence-corrected chi connectivity index (χ4v) is 4.99. The van der Waals surface area contributed by atoms with Crippen LogP contribution in [-0.2, 0) is 13.3 Å². The van der Waals surface area contributed by atoms with Crippen LogP contribution < -0.4 is 5.12 Å². The predicted octanol–water partition coefficient (Wildman–Crippen LogP) is 4.54. The summed E-state index contributed by atoms with van der Waals surface area (Å²) in [6, 6.07) is -0.831. The molecular weight excluding hydrogens is 407 g/mol. The lowest BCUT2D eigenvalue weighted by Gasteiger charge is -2.28. The van der Waals surface area contributed by atoms with Gasteiger partial charge in [0.1, 0.15) is 5.69 Å². The highest BCUT2D eigenvalue weighted by Gasteiger charge is 2.40. The lowest BCUT2D eigenvalue weighted by atomic mass is 10.3. The third-order valence-corrected chi connectivity index (χ3v) is 6.68. The van der Waals surface area contributed by atoms with Crippen molar-refractivity contribution in [1.29, 1.82) is 0 Å². The SMILES string of the molecule is CCO[Si](CCCN(F)C(=O)N(F)c1ccc(F)c(F)c1F)(OCC)OCC. The van der Waals surface area contributed by atoms with Gasteiger partial charge in [0.15, 0.2) is 17.5 Å². The number of hydrogen-bond acceptors (Lipinski definition) is 4. The molecule has 0 aliphatic carbocycles. The van der Waals surface area contributed by atoms with Gasteiger partial charge in [0.2, 0.25) is 0 Å². The van der Waals surface area contributed by atoms with E-state index in [1.165, 1.54) is 0 Å². The zero-order valence-electron chi connectivity index (χ0n) is 15.8. The van der Waals surface area contributed by atoms with E-state index in [0.29, 0.717) is 32.0 Å². The molecule has 0 saturated heterocycles. The Morgan fingerprint density at radius 3 is 2.00 bits per heavy atom. The average Bonchev–Trinajstić information content (AvgIpc) is 2.65. The van der Waals surface area contributed by atoms with Gasteiger partial charge in [-0.15, -0.1) is 5.12 Å². The Morgan fingerprint density at radius 1 is 0.964 bits per heavy atom. The molecule has 12 heteroatoms. The Hall–Kier alpha value is -1.76. The zero-order chi connectivity index (χ0) is 21.3. The molecule has 0 fully saturated rings. The normalized spacial score (nSPS) is 11.6. The summed E-state index contributed by atoms with van der Waals surface area (Å²) in [6.45, 7) is 5.55. The van der Waals surface area contributed by atoms with Crippen molar-refractivity contribution in [2.75, 3.05) is 31.5 Å². The van der Waals surface area contributed by atoms with Crippen molar-refractivity contribution in [2.24, 2.45) is 0 Å². The van der Waals surface area contributed by atoms with Crippen molar-refractivity contribution in [1.82, 2.24) is 5.12 Å². The number of carbonyl (C=O) groups is 1. The van der Waals surface area contributed by atoms with Gasteiger partial charge >= 0.3 is 14.8 Å². The van der Waals surface area contributed by atoms with Crippen molar-refractivity contribution in [3.05, 3.63) is 29.6 Å². The van der Waals surface area contributed by atoms with Crippen LogP contribution in [0.4, 0.5) is 32.6 Å². The molecule has 1 aromatic rings. The number of carbonyl (C=O) groups excluding carboxylic acids is 1. The predicted molar refractivity (Wildman–Crippen MR) is 93.2 cm³/mol. The highest BCUT2D eigenvalue weighted by atomic mass is 28.4. The number of benzene rings is 1. The summed E-state index contributed by atoms with van der Waals surface area (Å²) in [5.41, 5.74) is -1.24. The molecule has 0 heterocycles. The van der Waals surface area contributed by atoms with E-state index in [-0.39, 0.29) is 12.5 Å². The van der Waals surface area contributed by atoms with Gasteiger partial charge < -0.3 is 13.3 Å². The van der Waals surface area contributed by atoms with E-state index >= 15 is 0 Å². The molecule has 0 atom stereocenters. The Morgan fingerprint density at radius 2 is 1.50 bits per heavy atom. The molecule has 28 heavy (non-hydrogen) atoms. The maximum absolute atomic E-state index is 14.0. The van der Waals surface area contributed by atoms with E-state index in [9.17, 15) is 26.9 Å². The first-order valence-electron chi connectivity index (χ1n) is 8.71. The molecule has 0 aliphatic rings. The van der Waals surface area contributed by atoms with E-state index in [4.69, 9.17) is 13.3 Å². The van der Waals surface area contributed by atoms with Crippen LogP contribution in [0.3, 0.4) is 0 Å². The summed E-state index contributed by atoms with van der Waals surface area (Å²) in [6.07, 6.45) is 0.00254. The number of nitrogens with zero attached hydrogens (tertiary/aromatic N) is 2. The Bertz CT molecular complexity index is 639. The van der Waals surface area contributed by atoms with Gasteiger partial charge in [0.25, 0.3) is 0 Å². The lowest BCUT2D eigenvalue weighted by Crippen LogP contribution is -2.46. The van der Waals surface area contributed by atoms with Crippen LogP contribution in [0.2, 0.25) is 6.04 Å². The summed E-state index contributed by atoms with van der Waals surface area (Å²) >= 11 is 0. The minimum Gasteiger partial charge on any atom is -0.374 e. The summed E-state index contributed by atoms with van der Waals surface area (Å²) < 4.78 is 84.3. The van der Waals surface area contributed by atoms with E-state index < -0.39 is 54.8 Å². The number of anilines is 1. The summed E-state index contributed by atoms with van der Waals surface area (Å²) in [4.78, 5) is 11.8. The molecule has 2 amide bonds. The monoisotopic (exact) mass is 430 g/mol. The first-order valence-corrected chi connectivity index (χ1v) is 10.6. The third kappa shape index (κ3) is 6.12. The van der Waals surface area contributed by atoms with Crippen LogP contribution >= 0.6 is 0 Å². The molecule has 0 bridgehead atoms. The fraction of sp³-hybridized carbons (Fsp3) is 0.562. The topological polar surface area (TPSA) is 51.2 Å². The number of urea groups is 1. The summed E-state index contributed by atoms with van der Waals surface area (Å²) in [7, 11) is -3.07. The first kappa shape index (κ1) is 24.3. The molecule has 1 rings (SSSR count). The van der Waals surface area contributed by atoms with E-state index in [1.807, 2.05) is 0 Å². The quantitative estimate of drug-likeness (QED) is 0.224. The second-order valence-electron chi connectivity index (χ2n) is 5.43. The number of hydrogen-bond donors (Lipinski definition) is 0. The molecule has 0 N–H and O–H groups in total. The standard InChI is InChI=1S/C16H23F5N2O4Si/c1-4-25-28(26-5-2,27-6-3)11-7-10-22(20)16(24)23(21)13-9-8-12(17)14(18)15(13)19/h8-9H,4-7,10-11H2,1-3H3. The van der Waals surface area contributed by atoms with Crippen molar-refractivity contribution >= 4 is 20.5 Å². The third-order valence-electron chi connectivity index (χ3n) is 3.53. The highest BCUT2D eigenvalue weighted by molar-refractivity contribution is 6.60. The first-order chi connectivity index (χ1) is 13.2. The number of rotatable bonds is 11. The van der Waals surface area contributed by atoms with Crippen LogP contribution in [0.5, 0.6) is 0 Å². The van der Waals surface area contributed by atoms with Crippen LogP contribution in [0, 0.1) is 17.5 Å². The number of halogens is 5. The largest absolute Gasteiger partial charge is 0.500 e. The lowest BCUT2D eigenvalue weighted by molar-refractivity contribution is 0.0534. The van der Waals surface area contributed by atoms with E-state index in [2.05, 4.69) is 0 Å². The molecule has 0 saturated carbocycles. The molecular formula is C16H23F5N2O4Si. The second-order valence-corrected chi connectivity index (χ2v) is 8.16. The van der Waals surface area contributed by atoms with Gasteiger partial charge in [-0.05, 0) is 39.3 Å². The van der Waals surface area contributed by atoms with Gasteiger partial charge in [0, 0.05) is 25.9 Å². The molecule has 160 valence electrons. The van der Waals surface area contributed by atoms with Gasteiger partial charge in [-0.2, -0.15) is 5.12 Å². The molecule has 6 nitrogen and oxygen atoms in total. The van der Waals surface area contributed by atoms with Crippen molar-refractivity contribution in [3.8, 4) is 0 Å². The smallest absolute Gasteiger partial charge is 0.374 e. The van der Waals surface area contributed by atoms with Crippen molar-refractivity contribution < 1.29 is 40.2 Å². The molecule has 1 aromatic carbocycles. The van der Waals surface area contributed by atoms with Crippen LogP contribution in [0.15, 0.2) is 12.1 Å². The van der Waals surface area contributed by atoms with E-state index in [1.54, 1.807) is 20.8 Å². The van der Waals surface area contributed by atoms with E-state index in [0.717, 1.165) is 0 Å². The van der Waals surface area contributed by atoms with Crippen molar-refractivity contribution in [3.63, 3.8) is 0 Å². The van der Waals surface area contributed by atoms with Crippen molar-refractivity contribution in [2.45, 2.75) is 33.2 Å². The maximum atomic E-state index is 14.0. The fourth-order valence-electron chi connectivity index (χ4n) is 2.40. The Labute approximate surface area is 161 Å². The molecule has 0 radical (unpaired) electrons. The van der Waals surface area contributed by atoms with Gasteiger partial charge in [-0.25, -0.2) is 18.0 Å². The minimum absolute atomic E-state index is 0.00254. The molecule has 0 unspecified atom stereocenters. The summed E-state index contributed by atoms with van der Waals surface area (Å²) in [5, 5.41) is -1.44. The van der Waals surface area contributed by atoms with Gasteiger partial charge in [-0.3, -0.25) is 0 Å². The molecule has 0 aliphatic heterocycles. The van der Waals surface area contributed by atoms with Crippen LogP contribution in [0.25, 0.3) is 0 Å². The Kier molecular flexibility index (Phi) is 9.79. The number of amides is 2. The average molecular weight is 430 g/mol. The summed E-state index contributed by atoms with van der Waals surface area (Å²) in [5.74, 6) is -5.48. The highest BCUT2D eigenvalue weighted by Crippen LogP contribution is 2.25. The Balaban J connectivity index is 2.74. The second kappa shape index (κ2) is 11.3.